The van der Waals surface area contributed by atoms with E-state index >= 15 is 0 Å². The number of ether oxygens (including phenoxy) is 3. The number of aryl methyl sites for hydroxylation is 1. The van der Waals surface area contributed by atoms with E-state index in [0.717, 1.165) is 28.0 Å². The van der Waals surface area contributed by atoms with Gasteiger partial charge in [0.05, 0.1) is 12.3 Å². The lowest BCUT2D eigenvalue weighted by Gasteiger charge is -2.30. The van der Waals surface area contributed by atoms with Crippen LogP contribution in [0.4, 0.5) is 0 Å². The number of oxime groups is 1. The van der Waals surface area contributed by atoms with Crippen LogP contribution in [0.15, 0.2) is 35.5 Å². The molecule has 1 N–H and O–H groups in total. The molecule has 0 saturated heterocycles. The fourth-order valence-corrected chi connectivity index (χ4v) is 3.41. The highest BCUT2D eigenvalue weighted by Gasteiger charge is 2.31. The van der Waals surface area contributed by atoms with Gasteiger partial charge in [0, 0.05) is 28.1 Å². The predicted octanol–water partition coefficient (Wildman–Crippen LogP) is 4.22. The average molecular weight is 346 g/mol. The summed E-state index contributed by atoms with van der Waals surface area (Å²) in [6.45, 7) is 2.64. The van der Waals surface area contributed by atoms with Gasteiger partial charge in [0.25, 0.3) is 0 Å². The molecular formula is C18H16ClNO4. The third kappa shape index (κ3) is 2.60. The molecule has 2 aromatic rings. The summed E-state index contributed by atoms with van der Waals surface area (Å²) in [5.74, 6) is 1.43. The number of nitrogens with zero attached hydrogens (tertiary/aromatic N) is 1. The molecular weight excluding hydrogens is 330 g/mol. The summed E-state index contributed by atoms with van der Waals surface area (Å²) in [4.78, 5) is 0. The maximum absolute atomic E-state index is 9.42. The first-order chi connectivity index (χ1) is 11.7. The predicted molar refractivity (Wildman–Crippen MR) is 89.2 cm³/mol. The van der Waals surface area contributed by atoms with Gasteiger partial charge in [-0.05, 0) is 36.8 Å². The van der Waals surface area contributed by atoms with Gasteiger partial charge in [-0.15, -0.1) is 0 Å². The van der Waals surface area contributed by atoms with Crippen LogP contribution >= 0.6 is 11.6 Å². The second-order valence-corrected chi connectivity index (χ2v) is 6.39. The molecule has 1 atom stereocenters. The van der Waals surface area contributed by atoms with Crippen molar-refractivity contribution in [3.05, 3.63) is 57.6 Å². The SMILES string of the molecule is Cc1ccc2c(c1)OC(c1cc(Cl)cc3c1OCOC3)C/C2=N/O. The van der Waals surface area contributed by atoms with E-state index in [1.807, 2.05) is 37.3 Å². The van der Waals surface area contributed by atoms with Crippen molar-refractivity contribution in [2.75, 3.05) is 6.79 Å². The molecule has 2 aliphatic heterocycles. The Hall–Kier alpha value is -2.24. The minimum atomic E-state index is -0.337. The van der Waals surface area contributed by atoms with Crippen molar-refractivity contribution in [1.29, 1.82) is 0 Å². The minimum absolute atomic E-state index is 0.199. The van der Waals surface area contributed by atoms with E-state index in [0.29, 0.717) is 29.5 Å². The van der Waals surface area contributed by atoms with Gasteiger partial charge < -0.3 is 19.4 Å². The van der Waals surface area contributed by atoms with E-state index in [9.17, 15) is 5.21 Å². The van der Waals surface area contributed by atoms with Crippen LogP contribution in [0.2, 0.25) is 5.02 Å². The van der Waals surface area contributed by atoms with Crippen molar-refractivity contribution in [3.63, 3.8) is 0 Å². The summed E-state index contributed by atoms with van der Waals surface area (Å²) < 4.78 is 17.2. The normalized spacial score (nSPS) is 20.8. The van der Waals surface area contributed by atoms with Crippen LogP contribution in [-0.4, -0.2) is 17.7 Å². The molecule has 2 heterocycles. The zero-order valence-corrected chi connectivity index (χ0v) is 13.8. The molecule has 0 spiro atoms. The number of hydrogen-bond acceptors (Lipinski definition) is 5. The monoisotopic (exact) mass is 345 g/mol. The van der Waals surface area contributed by atoms with E-state index in [2.05, 4.69) is 5.16 Å². The summed E-state index contributed by atoms with van der Waals surface area (Å²) in [7, 11) is 0. The van der Waals surface area contributed by atoms with Crippen LogP contribution in [0.3, 0.4) is 0 Å². The molecule has 2 aliphatic rings. The smallest absolute Gasteiger partial charge is 0.189 e. The Kier molecular flexibility index (Phi) is 3.82. The maximum atomic E-state index is 9.42. The van der Waals surface area contributed by atoms with Crippen LogP contribution in [0.1, 0.15) is 34.8 Å². The Labute approximate surface area is 144 Å². The highest BCUT2D eigenvalue weighted by atomic mass is 35.5. The topological polar surface area (TPSA) is 60.3 Å². The molecule has 0 aromatic heterocycles. The van der Waals surface area contributed by atoms with Gasteiger partial charge in [-0.2, -0.15) is 0 Å². The van der Waals surface area contributed by atoms with Gasteiger partial charge in [0.2, 0.25) is 0 Å². The number of benzene rings is 2. The lowest BCUT2D eigenvalue weighted by atomic mass is 9.93. The fraction of sp³-hybridized carbons (Fsp3) is 0.278. The van der Waals surface area contributed by atoms with Crippen molar-refractivity contribution in [2.24, 2.45) is 5.16 Å². The molecule has 0 aliphatic carbocycles. The number of fused-ring (bicyclic) bond motifs is 2. The zero-order valence-electron chi connectivity index (χ0n) is 13.1. The Morgan fingerprint density at radius 3 is 2.96 bits per heavy atom. The second-order valence-electron chi connectivity index (χ2n) is 5.95. The quantitative estimate of drug-likeness (QED) is 0.621. The van der Waals surface area contributed by atoms with Gasteiger partial charge in [0.15, 0.2) is 6.79 Å². The molecule has 1 unspecified atom stereocenters. The summed E-state index contributed by atoms with van der Waals surface area (Å²) in [5, 5.41) is 13.5. The molecule has 0 fully saturated rings. The summed E-state index contributed by atoms with van der Waals surface area (Å²) in [5.41, 5.74) is 4.20. The van der Waals surface area contributed by atoms with E-state index < -0.39 is 0 Å². The largest absolute Gasteiger partial charge is 0.484 e. The van der Waals surface area contributed by atoms with Crippen molar-refractivity contribution >= 4 is 17.3 Å². The summed E-state index contributed by atoms with van der Waals surface area (Å²) in [6, 6.07) is 9.49. The van der Waals surface area contributed by atoms with Crippen molar-refractivity contribution < 1.29 is 19.4 Å². The number of rotatable bonds is 1. The summed E-state index contributed by atoms with van der Waals surface area (Å²) in [6.07, 6.45) is 0.0968. The molecule has 6 heteroatoms. The molecule has 4 rings (SSSR count). The van der Waals surface area contributed by atoms with Gasteiger partial charge in [0.1, 0.15) is 17.6 Å². The van der Waals surface area contributed by atoms with Crippen LogP contribution in [0.5, 0.6) is 11.5 Å². The molecule has 124 valence electrons. The Morgan fingerprint density at radius 1 is 1.25 bits per heavy atom. The highest BCUT2D eigenvalue weighted by molar-refractivity contribution is 6.30. The van der Waals surface area contributed by atoms with E-state index in [-0.39, 0.29) is 12.9 Å². The lowest BCUT2D eigenvalue weighted by Crippen LogP contribution is -2.23. The number of halogens is 1. The first kappa shape index (κ1) is 15.3. The average Bonchev–Trinajstić information content (AvgIpc) is 2.59. The number of hydrogen-bond donors (Lipinski definition) is 1. The van der Waals surface area contributed by atoms with Crippen molar-refractivity contribution in [1.82, 2.24) is 0 Å². The van der Waals surface area contributed by atoms with Crippen molar-refractivity contribution in [2.45, 2.75) is 26.1 Å². The van der Waals surface area contributed by atoms with Gasteiger partial charge in [-0.25, -0.2) is 0 Å². The minimum Gasteiger partial charge on any atom is -0.484 e. The molecule has 0 amide bonds. The molecule has 5 nitrogen and oxygen atoms in total. The molecule has 0 saturated carbocycles. The van der Waals surface area contributed by atoms with E-state index in [1.165, 1.54) is 0 Å². The standard InChI is InChI=1S/C18H16ClNO4/c1-10-2-3-13-15(20-21)7-17(24-16(13)4-10)14-6-12(19)5-11-8-22-9-23-18(11)14/h2-6,17,21H,7-9H2,1H3/b20-15-. The first-order valence-electron chi connectivity index (χ1n) is 7.67. The lowest BCUT2D eigenvalue weighted by molar-refractivity contribution is -0.0182. The van der Waals surface area contributed by atoms with Gasteiger partial charge in [-0.3, -0.25) is 0 Å². The Balaban J connectivity index is 1.80. The third-order valence-corrected chi connectivity index (χ3v) is 4.49. The summed E-state index contributed by atoms with van der Waals surface area (Å²) >= 11 is 6.25. The molecule has 0 radical (unpaired) electrons. The molecule has 24 heavy (non-hydrogen) atoms. The Morgan fingerprint density at radius 2 is 2.12 bits per heavy atom. The highest BCUT2D eigenvalue weighted by Crippen LogP contribution is 2.42. The van der Waals surface area contributed by atoms with Gasteiger partial charge >= 0.3 is 0 Å². The fourth-order valence-electron chi connectivity index (χ4n) is 3.16. The van der Waals surface area contributed by atoms with E-state index in [1.54, 1.807) is 0 Å². The third-order valence-electron chi connectivity index (χ3n) is 4.27. The zero-order chi connectivity index (χ0) is 16.7. The molecule has 2 aromatic carbocycles. The molecule has 0 bridgehead atoms. The van der Waals surface area contributed by atoms with E-state index in [4.69, 9.17) is 25.8 Å². The maximum Gasteiger partial charge on any atom is 0.189 e. The van der Waals surface area contributed by atoms with Crippen LogP contribution in [-0.2, 0) is 11.3 Å². The van der Waals surface area contributed by atoms with Crippen LogP contribution < -0.4 is 9.47 Å². The van der Waals surface area contributed by atoms with Crippen LogP contribution in [0.25, 0.3) is 0 Å². The van der Waals surface area contributed by atoms with Crippen molar-refractivity contribution in [3.8, 4) is 11.5 Å². The van der Waals surface area contributed by atoms with Crippen LogP contribution in [0, 0.1) is 6.92 Å². The van der Waals surface area contributed by atoms with Gasteiger partial charge in [-0.1, -0.05) is 22.8 Å². The second kappa shape index (κ2) is 6.00. The Bertz CT molecular complexity index is 834. The first-order valence-corrected chi connectivity index (χ1v) is 8.05.